The molecule has 5 heteroatoms. The van der Waals surface area contributed by atoms with E-state index < -0.39 is 11.9 Å². The normalized spacial score (nSPS) is 15.5. The second-order valence-electron chi connectivity index (χ2n) is 3.45. The van der Waals surface area contributed by atoms with Crippen LogP contribution in [0.4, 0.5) is 9.18 Å². The van der Waals surface area contributed by atoms with E-state index in [1.165, 1.54) is 18.3 Å². The number of hydrogen-bond donors (Lipinski definition) is 1. The minimum Gasteiger partial charge on any atom is -0.388 e. The number of carbonyl (C=O) groups is 1. The summed E-state index contributed by atoms with van der Waals surface area (Å²) in [6.45, 7) is 0. The second kappa shape index (κ2) is 4.25. The second-order valence-corrected chi connectivity index (χ2v) is 3.45. The summed E-state index contributed by atoms with van der Waals surface area (Å²) < 4.78 is 17.7. The van der Waals surface area contributed by atoms with Gasteiger partial charge in [0.2, 0.25) is 0 Å². The molecule has 4 nitrogen and oxygen atoms in total. The van der Waals surface area contributed by atoms with Gasteiger partial charge in [0, 0.05) is 12.2 Å². The van der Waals surface area contributed by atoms with Crippen LogP contribution in [0.3, 0.4) is 0 Å². The zero-order valence-corrected chi connectivity index (χ0v) is 8.07. The van der Waals surface area contributed by atoms with Crippen LogP contribution in [0.5, 0.6) is 5.88 Å². The summed E-state index contributed by atoms with van der Waals surface area (Å²) in [6.07, 6.45) is 3.76. The summed E-state index contributed by atoms with van der Waals surface area (Å²) >= 11 is 0. The molecule has 1 aromatic rings. The first-order chi connectivity index (χ1) is 7.25. The summed E-state index contributed by atoms with van der Waals surface area (Å²) in [5.41, 5.74) is 0. The van der Waals surface area contributed by atoms with E-state index in [1.807, 2.05) is 0 Å². The van der Waals surface area contributed by atoms with E-state index in [-0.39, 0.29) is 11.9 Å². The third kappa shape index (κ3) is 2.43. The molecule has 1 aliphatic carbocycles. The molecule has 0 saturated heterocycles. The van der Waals surface area contributed by atoms with Crippen molar-refractivity contribution in [3.63, 3.8) is 0 Å². The minimum absolute atomic E-state index is 0.171. The van der Waals surface area contributed by atoms with E-state index in [4.69, 9.17) is 4.74 Å². The van der Waals surface area contributed by atoms with E-state index in [0.29, 0.717) is 0 Å². The van der Waals surface area contributed by atoms with E-state index in [1.54, 1.807) is 0 Å². The van der Waals surface area contributed by atoms with Gasteiger partial charge < -0.3 is 10.1 Å². The van der Waals surface area contributed by atoms with Crippen molar-refractivity contribution in [2.24, 2.45) is 0 Å². The number of hydrogen-bond acceptors (Lipinski definition) is 3. The van der Waals surface area contributed by atoms with Gasteiger partial charge >= 0.3 is 6.09 Å². The van der Waals surface area contributed by atoms with Crippen molar-refractivity contribution in [2.45, 2.75) is 25.3 Å². The molecular weight excluding hydrogens is 199 g/mol. The molecule has 15 heavy (non-hydrogen) atoms. The van der Waals surface area contributed by atoms with E-state index >= 15 is 0 Å². The van der Waals surface area contributed by atoms with E-state index in [2.05, 4.69) is 10.3 Å². The van der Waals surface area contributed by atoms with E-state index in [0.717, 1.165) is 19.3 Å². The fraction of sp³-hybridized carbons (Fsp3) is 0.400. The Labute approximate surface area is 86.5 Å². The summed E-state index contributed by atoms with van der Waals surface area (Å²) in [5.74, 6) is -0.921. The quantitative estimate of drug-likeness (QED) is 0.810. The van der Waals surface area contributed by atoms with Crippen LogP contribution in [-0.2, 0) is 0 Å². The molecule has 0 aliphatic heterocycles. The molecule has 1 amide bonds. The van der Waals surface area contributed by atoms with Crippen LogP contribution < -0.4 is 10.1 Å². The molecule has 1 saturated carbocycles. The molecule has 0 atom stereocenters. The maximum atomic E-state index is 13.0. The highest BCUT2D eigenvalue weighted by atomic mass is 19.1. The lowest BCUT2D eigenvalue weighted by Crippen LogP contribution is -2.41. The number of aromatic nitrogens is 1. The number of rotatable bonds is 2. The average Bonchev–Trinajstić information content (AvgIpc) is 2.16. The van der Waals surface area contributed by atoms with Gasteiger partial charge in [0.25, 0.3) is 5.88 Å². The van der Waals surface area contributed by atoms with Crippen molar-refractivity contribution in [3.8, 4) is 5.88 Å². The van der Waals surface area contributed by atoms with Crippen LogP contribution in [0.15, 0.2) is 18.3 Å². The van der Waals surface area contributed by atoms with Crippen LogP contribution >= 0.6 is 0 Å². The molecule has 1 N–H and O–H groups in total. The van der Waals surface area contributed by atoms with Crippen molar-refractivity contribution < 1.29 is 13.9 Å². The standard InChI is InChI=1S/C10H11FN2O2/c11-8-5-2-6-12-9(8)15-10(14)13-7-3-1-4-7/h2,5-7H,1,3-4H2,(H,13,14). The zero-order valence-electron chi connectivity index (χ0n) is 8.07. The van der Waals surface area contributed by atoms with Crippen molar-refractivity contribution >= 4 is 6.09 Å². The fourth-order valence-electron chi connectivity index (χ4n) is 1.28. The largest absolute Gasteiger partial charge is 0.414 e. The lowest BCUT2D eigenvalue weighted by molar-refractivity contribution is 0.184. The number of halogens is 1. The highest BCUT2D eigenvalue weighted by molar-refractivity contribution is 5.70. The first kappa shape index (κ1) is 9.89. The Kier molecular flexibility index (Phi) is 2.80. The monoisotopic (exact) mass is 210 g/mol. The van der Waals surface area contributed by atoms with Crippen LogP contribution in [0.1, 0.15) is 19.3 Å². The molecule has 0 radical (unpaired) electrons. The number of amides is 1. The van der Waals surface area contributed by atoms with Gasteiger partial charge in [0.1, 0.15) is 0 Å². The molecule has 0 aromatic carbocycles. The third-order valence-electron chi connectivity index (χ3n) is 2.34. The van der Waals surface area contributed by atoms with Gasteiger partial charge in [-0.2, -0.15) is 0 Å². The Balaban J connectivity index is 1.90. The first-order valence-corrected chi connectivity index (χ1v) is 4.84. The molecule has 1 heterocycles. The summed E-state index contributed by atoms with van der Waals surface area (Å²) in [5, 5.41) is 2.62. The molecule has 80 valence electrons. The Bertz CT molecular complexity index is 366. The topological polar surface area (TPSA) is 51.2 Å². The third-order valence-corrected chi connectivity index (χ3v) is 2.34. The highest BCUT2D eigenvalue weighted by Gasteiger charge is 2.21. The van der Waals surface area contributed by atoms with Crippen LogP contribution in [0.2, 0.25) is 0 Å². The number of ether oxygens (including phenoxy) is 1. The van der Waals surface area contributed by atoms with Gasteiger partial charge in [-0.3, -0.25) is 0 Å². The van der Waals surface area contributed by atoms with Crippen LogP contribution in [0.25, 0.3) is 0 Å². The molecule has 1 fully saturated rings. The Morgan fingerprint density at radius 1 is 1.60 bits per heavy atom. The van der Waals surface area contributed by atoms with E-state index in [9.17, 15) is 9.18 Å². The lowest BCUT2D eigenvalue weighted by Gasteiger charge is -2.25. The van der Waals surface area contributed by atoms with Gasteiger partial charge in [-0.25, -0.2) is 14.2 Å². The van der Waals surface area contributed by atoms with Gasteiger partial charge in [0.15, 0.2) is 5.82 Å². The van der Waals surface area contributed by atoms with Crippen LogP contribution in [-0.4, -0.2) is 17.1 Å². The molecule has 0 bridgehead atoms. The predicted octanol–water partition coefficient (Wildman–Crippen LogP) is 1.86. The Hall–Kier alpha value is -1.65. The number of nitrogens with one attached hydrogen (secondary N) is 1. The Morgan fingerprint density at radius 2 is 2.40 bits per heavy atom. The molecular formula is C10H11FN2O2. The van der Waals surface area contributed by atoms with Crippen molar-refractivity contribution in [1.29, 1.82) is 0 Å². The van der Waals surface area contributed by atoms with Crippen LogP contribution in [0, 0.1) is 5.82 Å². The van der Waals surface area contributed by atoms with Gasteiger partial charge in [-0.15, -0.1) is 0 Å². The first-order valence-electron chi connectivity index (χ1n) is 4.84. The molecule has 2 rings (SSSR count). The maximum Gasteiger partial charge on any atom is 0.414 e. The summed E-state index contributed by atoms with van der Waals surface area (Å²) in [4.78, 5) is 14.8. The predicted molar refractivity (Wildman–Crippen MR) is 51.0 cm³/mol. The average molecular weight is 210 g/mol. The lowest BCUT2D eigenvalue weighted by atomic mass is 9.93. The number of pyridine rings is 1. The fourth-order valence-corrected chi connectivity index (χ4v) is 1.28. The molecule has 1 aromatic heterocycles. The van der Waals surface area contributed by atoms with Gasteiger partial charge in [-0.1, -0.05) is 0 Å². The number of carbonyl (C=O) groups excluding carboxylic acids is 1. The van der Waals surface area contributed by atoms with Crippen molar-refractivity contribution in [1.82, 2.24) is 10.3 Å². The molecule has 1 aliphatic rings. The zero-order chi connectivity index (χ0) is 10.7. The molecule has 0 unspecified atom stereocenters. The smallest absolute Gasteiger partial charge is 0.388 e. The van der Waals surface area contributed by atoms with Gasteiger partial charge in [0.05, 0.1) is 0 Å². The van der Waals surface area contributed by atoms with Gasteiger partial charge in [-0.05, 0) is 31.4 Å². The SMILES string of the molecule is O=C(NC1CCC1)Oc1ncccc1F. The highest BCUT2D eigenvalue weighted by Crippen LogP contribution is 2.18. The Morgan fingerprint density at radius 3 is 3.00 bits per heavy atom. The summed E-state index contributed by atoms with van der Waals surface area (Å²) in [6, 6.07) is 2.80. The minimum atomic E-state index is -0.641. The molecule has 0 spiro atoms. The number of nitrogens with zero attached hydrogens (tertiary/aromatic N) is 1. The summed E-state index contributed by atoms with van der Waals surface area (Å²) in [7, 11) is 0. The van der Waals surface area contributed by atoms with Crippen molar-refractivity contribution in [3.05, 3.63) is 24.1 Å². The maximum absolute atomic E-state index is 13.0. The van der Waals surface area contributed by atoms with Crippen molar-refractivity contribution in [2.75, 3.05) is 0 Å².